The highest BCUT2D eigenvalue weighted by molar-refractivity contribution is 5.78. The number of nitrogens with zero attached hydrogens (tertiary/aromatic N) is 3. The van der Waals surface area contributed by atoms with E-state index < -0.39 is 0 Å². The van der Waals surface area contributed by atoms with E-state index >= 15 is 0 Å². The number of carbonyl (C=O) groups excluding carboxylic acids is 1. The summed E-state index contributed by atoms with van der Waals surface area (Å²) in [4.78, 5) is 27.5. The van der Waals surface area contributed by atoms with Crippen LogP contribution < -0.4 is 10.9 Å². The fourth-order valence-electron chi connectivity index (χ4n) is 2.25. The maximum Gasteiger partial charge on any atom is 0.250 e. The van der Waals surface area contributed by atoms with Gasteiger partial charge in [-0.2, -0.15) is 0 Å². The first-order valence-corrected chi connectivity index (χ1v) is 6.99. The number of hydrogen-bond donors (Lipinski definition) is 1. The maximum absolute atomic E-state index is 12.1. The van der Waals surface area contributed by atoms with Gasteiger partial charge in [-0.15, -0.1) is 0 Å². The van der Waals surface area contributed by atoms with Crippen LogP contribution in [0.4, 0.5) is 0 Å². The van der Waals surface area contributed by atoms with E-state index in [0.29, 0.717) is 19.6 Å². The molecule has 1 fully saturated rings. The molecule has 0 radical (unpaired) electrons. The number of rotatable bonds is 5. The smallest absolute Gasteiger partial charge is 0.250 e. The summed E-state index contributed by atoms with van der Waals surface area (Å²) in [5.41, 5.74) is -0.00525. The number of likely N-dealkylation sites (N-methyl/N-ethyl adjacent to an activating group) is 1. The summed E-state index contributed by atoms with van der Waals surface area (Å²) >= 11 is 0. The first-order chi connectivity index (χ1) is 9.66. The number of pyridine rings is 1. The first kappa shape index (κ1) is 14.7. The molecule has 6 nitrogen and oxygen atoms in total. The number of hydrogen-bond acceptors (Lipinski definition) is 4. The van der Waals surface area contributed by atoms with E-state index in [4.69, 9.17) is 0 Å². The topological polar surface area (TPSA) is 57.6 Å². The average Bonchev–Trinajstić information content (AvgIpc) is 2.47. The Morgan fingerprint density at radius 2 is 2.10 bits per heavy atom. The summed E-state index contributed by atoms with van der Waals surface area (Å²) in [6.45, 7) is 4.99. The van der Waals surface area contributed by atoms with Crippen molar-refractivity contribution in [2.45, 2.75) is 6.54 Å². The summed E-state index contributed by atoms with van der Waals surface area (Å²) in [6.07, 6.45) is 1.77. The van der Waals surface area contributed by atoms with Crippen molar-refractivity contribution in [3.63, 3.8) is 0 Å². The fraction of sp³-hybridized carbons (Fsp3) is 0.571. The van der Waals surface area contributed by atoms with E-state index in [-0.39, 0.29) is 11.5 Å². The van der Waals surface area contributed by atoms with Crippen molar-refractivity contribution in [3.05, 3.63) is 34.7 Å². The molecule has 0 unspecified atom stereocenters. The van der Waals surface area contributed by atoms with E-state index in [9.17, 15) is 9.59 Å². The molecule has 1 saturated heterocycles. The van der Waals surface area contributed by atoms with Crippen LogP contribution in [-0.2, 0) is 11.3 Å². The van der Waals surface area contributed by atoms with Gasteiger partial charge in [0.2, 0.25) is 5.91 Å². The van der Waals surface area contributed by atoms with Crippen molar-refractivity contribution in [1.82, 2.24) is 19.7 Å². The van der Waals surface area contributed by atoms with Crippen LogP contribution in [-0.4, -0.2) is 66.6 Å². The molecule has 1 aromatic heterocycles. The predicted molar refractivity (Wildman–Crippen MR) is 77.6 cm³/mol. The Bertz CT molecular complexity index is 494. The van der Waals surface area contributed by atoms with Gasteiger partial charge in [0.25, 0.3) is 5.56 Å². The maximum atomic E-state index is 12.1. The molecule has 6 heteroatoms. The second kappa shape index (κ2) is 7.21. The van der Waals surface area contributed by atoms with Gasteiger partial charge in [-0.1, -0.05) is 6.07 Å². The van der Waals surface area contributed by atoms with Crippen LogP contribution in [0.25, 0.3) is 0 Å². The van der Waals surface area contributed by atoms with Crippen molar-refractivity contribution in [1.29, 1.82) is 0 Å². The minimum atomic E-state index is -0.00525. The van der Waals surface area contributed by atoms with E-state index in [2.05, 4.69) is 5.32 Å². The molecule has 1 aliphatic heterocycles. The summed E-state index contributed by atoms with van der Waals surface area (Å²) < 4.78 is 1.66. The Balaban J connectivity index is 1.77. The van der Waals surface area contributed by atoms with Gasteiger partial charge >= 0.3 is 0 Å². The molecular formula is C14H22N4O2. The fourth-order valence-corrected chi connectivity index (χ4v) is 2.25. The molecule has 0 aromatic carbocycles. The molecular weight excluding hydrogens is 256 g/mol. The lowest BCUT2D eigenvalue weighted by Gasteiger charge is -2.29. The summed E-state index contributed by atoms with van der Waals surface area (Å²) in [7, 11) is 1.91. The molecule has 2 heterocycles. The van der Waals surface area contributed by atoms with Gasteiger partial charge < -0.3 is 14.8 Å². The van der Waals surface area contributed by atoms with Crippen molar-refractivity contribution in [2.75, 3.05) is 46.3 Å². The molecule has 1 aromatic rings. The molecule has 1 aliphatic rings. The summed E-state index contributed by atoms with van der Waals surface area (Å²) in [5, 5.41) is 3.23. The van der Waals surface area contributed by atoms with Gasteiger partial charge in [0.15, 0.2) is 0 Å². The average molecular weight is 278 g/mol. The molecule has 0 atom stereocenters. The number of aromatic nitrogens is 1. The minimum Gasteiger partial charge on any atom is -0.339 e. The lowest BCUT2D eigenvalue weighted by Crippen LogP contribution is -2.49. The highest BCUT2D eigenvalue weighted by Crippen LogP contribution is 1.96. The minimum absolute atomic E-state index is 0.00525. The first-order valence-electron chi connectivity index (χ1n) is 6.99. The molecule has 20 heavy (non-hydrogen) atoms. The van der Waals surface area contributed by atoms with Crippen LogP contribution in [0, 0.1) is 0 Å². The number of amides is 1. The largest absolute Gasteiger partial charge is 0.339 e. The molecule has 1 amide bonds. The molecule has 110 valence electrons. The van der Waals surface area contributed by atoms with E-state index in [0.717, 1.165) is 26.2 Å². The van der Waals surface area contributed by atoms with Gasteiger partial charge in [-0.05, 0) is 13.1 Å². The van der Waals surface area contributed by atoms with Crippen molar-refractivity contribution >= 4 is 5.91 Å². The predicted octanol–water partition coefficient (Wildman–Crippen LogP) is -0.788. The van der Waals surface area contributed by atoms with Crippen LogP contribution in [0.5, 0.6) is 0 Å². The highest BCUT2D eigenvalue weighted by Gasteiger charge is 2.17. The lowest BCUT2D eigenvalue weighted by molar-refractivity contribution is -0.132. The van der Waals surface area contributed by atoms with Crippen molar-refractivity contribution < 1.29 is 4.79 Å². The summed E-state index contributed by atoms with van der Waals surface area (Å²) in [6, 6.07) is 5.12. The second-order valence-corrected chi connectivity index (χ2v) is 5.10. The number of piperazine rings is 1. The molecule has 0 aliphatic carbocycles. The van der Waals surface area contributed by atoms with Crippen LogP contribution in [0.2, 0.25) is 0 Å². The molecule has 0 spiro atoms. The van der Waals surface area contributed by atoms with Crippen LogP contribution >= 0.6 is 0 Å². The third-order valence-corrected chi connectivity index (χ3v) is 3.50. The van der Waals surface area contributed by atoms with Gasteiger partial charge in [-0.3, -0.25) is 14.5 Å². The number of carbonyl (C=O) groups is 1. The summed E-state index contributed by atoms with van der Waals surface area (Å²) in [5.74, 6) is 0.161. The number of nitrogens with one attached hydrogen (secondary N) is 1. The van der Waals surface area contributed by atoms with E-state index in [1.54, 1.807) is 22.9 Å². The van der Waals surface area contributed by atoms with Gasteiger partial charge in [0.05, 0.1) is 6.54 Å². The molecule has 1 N–H and O–H groups in total. The van der Waals surface area contributed by atoms with E-state index in [1.165, 1.54) is 0 Å². The Morgan fingerprint density at radius 1 is 1.35 bits per heavy atom. The molecule has 2 rings (SSSR count). The molecule has 0 bridgehead atoms. The van der Waals surface area contributed by atoms with Crippen molar-refractivity contribution in [3.8, 4) is 0 Å². The zero-order valence-electron chi connectivity index (χ0n) is 11.9. The Kier molecular flexibility index (Phi) is 5.31. The monoisotopic (exact) mass is 278 g/mol. The van der Waals surface area contributed by atoms with Crippen LogP contribution in [0.1, 0.15) is 0 Å². The highest BCUT2D eigenvalue weighted by atomic mass is 16.2. The molecule has 0 saturated carbocycles. The Labute approximate surface area is 119 Å². The van der Waals surface area contributed by atoms with Gasteiger partial charge in [0, 0.05) is 51.5 Å². The Hall–Kier alpha value is -1.66. The third kappa shape index (κ3) is 4.18. The quantitative estimate of drug-likeness (QED) is 0.767. The zero-order valence-corrected chi connectivity index (χ0v) is 11.9. The van der Waals surface area contributed by atoms with Crippen LogP contribution in [0.15, 0.2) is 29.2 Å². The van der Waals surface area contributed by atoms with Crippen molar-refractivity contribution in [2.24, 2.45) is 0 Å². The van der Waals surface area contributed by atoms with Gasteiger partial charge in [-0.25, -0.2) is 0 Å². The normalized spacial score (nSPS) is 15.6. The lowest BCUT2D eigenvalue weighted by atomic mass is 10.3. The van der Waals surface area contributed by atoms with E-state index in [1.807, 2.05) is 22.9 Å². The zero-order chi connectivity index (χ0) is 14.4. The second-order valence-electron chi connectivity index (χ2n) is 5.10. The SMILES string of the molecule is CN(CCn1ccccc1=O)CC(=O)N1CCNCC1. The standard InChI is InChI=1S/C14H22N4O2/c1-16(10-11-17-7-3-2-4-13(17)19)12-14(20)18-8-5-15-6-9-18/h2-4,7,15H,5-6,8-12H2,1H3. The van der Waals surface area contributed by atoms with Crippen LogP contribution in [0.3, 0.4) is 0 Å². The van der Waals surface area contributed by atoms with Gasteiger partial charge in [0.1, 0.15) is 0 Å². The Morgan fingerprint density at radius 3 is 2.80 bits per heavy atom. The third-order valence-electron chi connectivity index (χ3n) is 3.50.